The van der Waals surface area contributed by atoms with Crippen molar-refractivity contribution < 1.29 is 4.74 Å². The fraction of sp³-hybridized carbons (Fsp3) is 0.400. The summed E-state index contributed by atoms with van der Waals surface area (Å²) in [6.07, 6.45) is 2.34. The largest absolute Gasteiger partial charge is 0.493 e. The number of hydrogen-bond donors (Lipinski definition) is 0. The molecule has 1 heterocycles. The number of hydrogen-bond acceptors (Lipinski definition) is 1. The molecule has 0 bridgehead atoms. The molecule has 0 N–H and O–H groups in total. The first-order valence-electron chi connectivity index (χ1n) is 4.08. The van der Waals surface area contributed by atoms with Crippen molar-refractivity contribution in [1.29, 1.82) is 0 Å². The average Bonchev–Trinajstić information content (AvgIpc) is 2.04. The van der Waals surface area contributed by atoms with E-state index in [9.17, 15) is 0 Å². The van der Waals surface area contributed by atoms with Gasteiger partial charge in [-0.25, -0.2) is 0 Å². The Balaban J connectivity index is 2.43. The molecule has 0 aromatic heterocycles. The molecule has 0 saturated heterocycles. The van der Waals surface area contributed by atoms with Gasteiger partial charge in [0.05, 0.1) is 6.61 Å². The van der Waals surface area contributed by atoms with Crippen LogP contribution in [-0.2, 0) is 6.42 Å². The van der Waals surface area contributed by atoms with E-state index in [4.69, 9.17) is 4.74 Å². The predicted molar refractivity (Wildman–Crippen MR) is 45.0 cm³/mol. The van der Waals surface area contributed by atoms with Crippen molar-refractivity contribution in [3.05, 3.63) is 29.3 Å². The molecule has 1 aromatic rings. The quantitative estimate of drug-likeness (QED) is 0.548. The van der Waals surface area contributed by atoms with Crippen LogP contribution >= 0.6 is 0 Å². The Hall–Kier alpha value is -0.980. The average molecular weight is 148 g/mol. The summed E-state index contributed by atoms with van der Waals surface area (Å²) in [6.45, 7) is 2.98. The van der Waals surface area contributed by atoms with Crippen LogP contribution in [0.25, 0.3) is 0 Å². The van der Waals surface area contributed by atoms with E-state index >= 15 is 0 Å². The zero-order valence-corrected chi connectivity index (χ0v) is 6.76. The summed E-state index contributed by atoms with van der Waals surface area (Å²) in [5.74, 6) is 1.09. The Bertz CT molecular complexity index is 266. The normalized spacial score (nSPS) is 15.4. The summed E-state index contributed by atoms with van der Waals surface area (Å²) in [4.78, 5) is 0. The fourth-order valence-corrected chi connectivity index (χ4v) is 1.45. The van der Waals surface area contributed by atoms with Crippen LogP contribution in [0.4, 0.5) is 0 Å². The highest BCUT2D eigenvalue weighted by atomic mass is 16.5. The molecule has 0 saturated carbocycles. The highest BCUT2D eigenvalue weighted by Crippen LogP contribution is 2.25. The SMILES string of the molecule is Cc1ccc2c(c1)OCCC2. The molecule has 58 valence electrons. The number of aryl methyl sites for hydroxylation is 2. The molecule has 1 heteroatoms. The lowest BCUT2D eigenvalue weighted by Crippen LogP contribution is -2.07. The van der Waals surface area contributed by atoms with Gasteiger partial charge in [0.2, 0.25) is 0 Å². The van der Waals surface area contributed by atoms with E-state index in [-0.39, 0.29) is 0 Å². The second kappa shape index (κ2) is 2.57. The molecule has 0 spiro atoms. The Kier molecular flexibility index (Phi) is 1.57. The van der Waals surface area contributed by atoms with Gasteiger partial charge in [0, 0.05) is 0 Å². The van der Waals surface area contributed by atoms with E-state index in [1.807, 2.05) is 0 Å². The summed E-state index contributed by atoms with van der Waals surface area (Å²) >= 11 is 0. The van der Waals surface area contributed by atoms with Crippen molar-refractivity contribution >= 4 is 0 Å². The number of ether oxygens (including phenoxy) is 1. The van der Waals surface area contributed by atoms with Crippen molar-refractivity contribution in [2.45, 2.75) is 19.8 Å². The highest BCUT2D eigenvalue weighted by molar-refractivity contribution is 5.38. The fourth-order valence-electron chi connectivity index (χ4n) is 1.45. The van der Waals surface area contributed by atoms with Crippen molar-refractivity contribution in [3.63, 3.8) is 0 Å². The van der Waals surface area contributed by atoms with E-state index in [2.05, 4.69) is 25.1 Å². The molecule has 0 unspecified atom stereocenters. The van der Waals surface area contributed by atoms with Gasteiger partial charge in [-0.15, -0.1) is 0 Å². The maximum atomic E-state index is 5.50. The van der Waals surface area contributed by atoms with Crippen LogP contribution in [0.15, 0.2) is 18.2 Å². The van der Waals surface area contributed by atoms with E-state index in [1.54, 1.807) is 0 Å². The van der Waals surface area contributed by atoms with Crippen molar-refractivity contribution in [3.8, 4) is 5.75 Å². The van der Waals surface area contributed by atoms with Gasteiger partial charge in [-0.1, -0.05) is 12.1 Å². The van der Waals surface area contributed by atoms with Crippen molar-refractivity contribution in [1.82, 2.24) is 0 Å². The van der Waals surface area contributed by atoms with Crippen LogP contribution in [0.5, 0.6) is 5.75 Å². The summed E-state index contributed by atoms with van der Waals surface area (Å²) < 4.78 is 5.50. The molecule has 0 amide bonds. The van der Waals surface area contributed by atoms with E-state index in [0.29, 0.717) is 0 Å². The Morgan fingerprint density at radius 3 is 3.18 bits per heavy atom. The lowest BCUT2D eigenvalue weighted by molar-refractivity contribution is 0.288. The molecule has 2 rings (SSSR count). The lowest BCUT2D eigenvalue weighted by Gasteiger charge is -2.16. The van der Waals surface area contributed by atoms with Gasteiger partial charge in [0.15, 0.2) is 0 Å². The summed E-state index contributed by atoms with van der Waals surface area (Å²) in [5.41, 5.74) is 2.65. The van der Waals surface area contributed by atoms with Gasteiger partial charge < -0.3 is 4.74 Å². The van der Waals surface area contributed by atoms with Crippen LogP contribution in [-0.4, -0.2) is 6.61 Å². The smallest absolute Gasteiger partial charge is 0.122 e. The van der Waals surface area contributed by atoms with Crippen molar-refractivity contribution in [2.24, 2.45) is 0 Å². The molecular weight excluding hydrogens is 136 g/mol. The van der Waals surface area contributed by atoms with Gasteiger partial charge in [0.25, 0.3) is 0 Å². The molecule has 0 radical (unpaired) electrons. The molecule has 0 aliphatic carbocycles. The summed E-state index contributed by atoms with van der Waals surface area (Å²) in [5, 5.41) is 0. The van der Waals surface area contributed by atoms with Crippen LogP contribution in [0, 0.1) is 6.92 Å². The van der Waals surface area contributed by atoms with E-state index in [0.717, 1.165) is 18.8 Å². The second-order valence-corrected chi connectivity index (χ2v) is 3.06. The highest BCUT2D eigenvalue weighted by Gasteiger charge is 2.08. The molecule has 1 aromatic carbocycles. The summed E-state index contributed by atoms with van der Waals surface area (Å²) in [6, 6.07) is 6.44. The number of benzene rings is 1. The predicted octanol–water partition coefficient (Wildman–Crippen LogP) is 2.32. The van der Waals surface area contributed by atoms with Gasteiger partial charge in [-0.2, -0.15) is 0 Å². The van der Waals surface area contributed by atoms with Gasteiger partial charge in [0.1, 0.15) is 5.75 Å². The maximum absolute atomic E-state index is 5.50. The zero-order valence-electron chi connectivity index (χ0n) is 6.76. The molecule has 0 atom stereocenters. The molecule has 1 nitrogen and oxygen atoms in total. The maximum Gasteiger partial charge on any atom is 0.122 e. The van der Waals surface area contributed by atoms with Crippen LogP contribution < -0.4 is 4.74 Å². The Labute approximate surface area is 67.0 Å². The van der Waals surface area contributed by atoms with Crippen molar-refractivity contribution in [2.75, 3.05) is 6.61 Å². The lowest BCUT2D eigenvalue weighted by atomic mass is 10.0. The zero-order chi connectivity index (χ0) is 7.68. The summed E-state index contributed by atoms with van der Waals surface area (Å²) in [7, 11) is 0. The third-order valence-corrected chi connectivity index (χ3v) is 2.07. The minimum Gasteiger partial charge on any atom is -0.493 e. The first kappa shape index (κ1) is 6.71. The first-order valence-corrected chi connectivity index (χ1v) is 4.08. The minimum absolute atomic E-state index is 0.885. The molecule has 0 fully saturated rings. The van der Waals surface area contributed by atoms with Crippen LogP contribution in [0.2, 0.25) is 0 Å². The topological polar surface area (TPSA) is 9.23 Å². The molecule has 1 aliphatic rings. The molecule has 1 aliphatic heterocycles. The Morgan fingerprint density at radius 2 is 2.27 bits per heavy atom. The van der Waals surface area contributed by atoms with E-state index < -0.39 is 0 Å². The second-order valence-electron chi connectivity index (χ2n) is 3.06. The first-order chi connectivity index (χ1) is 5.36. The third-order valence-electron chi connectivity index (χ3n) is 2.07. The van der Waals surface area contributed by atoms with Gasteiger partial charge >= 0.3 is 0 Å². The number of fused-ring (bicyclic) bond motifs is 1. The van der Waals surface area contributed by atoms with Gasteiger partial charge in [-0.3, -0.25) is 0 Å². The van der Waals surface area contributed by atoms with E-state index in [1.165, 1.54) is 17.5 Å². The number of rotatable bonds is 0. The molecular formula is C10H12O. The molecule has 11 heavy (non-hydrogen) atoms. The minimum atomic E-state index is 0.885. The third kappa shape index (κ3) is 1.23. The van der Waals surface area contributed by atoms with Gasteiger partial charge in [-0.05, 0) is 37.0 Å². The monoisotopic (exact) mass is 148 g/mol. The van der Waals surface area contributed by atoms with Crippen LogP contribution in [0.3, 0.4) is 0 Å². The van der Waals surface area contributed by atoms with Crippen LogP contribution in [0.1, 0.15) is 17.5 Å². The standard InChI is InChI=1S/C10H12O/c1-8-4-5-9-3-2-6-11-10(9)7-8/h4-5,7H,2-3,6H2,1H3. The Morgan fingerprint density at radius 1 is 1.36 bits per heavy atom.